The molecular formula is C16H13BrN2O2. The van der Waals surface area contributed by atoms with Crippen LogP contribution in [-0.4, -0.2) is 17.1 Å². The molecule has 0 aliphatic rings. The topological polar surface area (TPSA) is 55.0 Å². The Labute approximate surface area is 129 Å². The van der Waals surface area contributed by atoms with E-state index in [0.29, 0.717) is 16.0 Å². The number of aromatic amines is 1. The molecule has 0 aliphatic carbocycles. The smallest absolute Gasteiger partial charge is 0.265 e. The fourth-order valence-electron chi connectivity index (χ4n) is 2.35. The summed E-state index contributed by atoms with van der Waals surface area (Å²) >= 11 is 3.23. The third-order valence-corrected chi connectivity index (χ3v) is 4.32. The van der Waals surface area contributed by atoms with Crippen molar-refractivity contribution in [1.82, 2.24) is 9.97 Å². The average Bonchev–Trinajstić information content (AvgIpc) is 2.51. The summed E-state index contributed by atoms with van der Waals surface area (Å²) in [5.41, 5.74) is 1.35. The Kier molecular flexibility index (Phi) is 3.51. The lowest BCUT2D eigenvalue weighted by Crippen LogP contribution is -2.12. The predicted molar refractivity (Wildman–Crippen MR) is 86.8 cm³/mol. The van der Waals surface area contributed by atoms with Crippen molar-refractivity contribution in [2.75, 3.05) is 7.11 Å². The van der Waals surface area contributed by atoms with Gasteiger partial charge in [0.2, 0.25) is 0 Å². The van der Waals surface area contributed by atoms with E-state index in [1.807, 2.05) is 36.4 Å². The number of hydrogen-bond acceptors (Lipinski definition) is 3. The number of aryl methyl sites for hydroxylation is 1. The van der Waals surface area contributed by atoms with E-state index in [4.69, 9.17) is 4.74 Å². The molecule has 0 fully saturated rings. The SMILES string of the molecule is COc1ccc(-c2nc(C)c(Br)c(=O)[nH]2)c2ccccc12. The monoisotopic (exact) mass is 344 g/mol. The van der Waals surface area contributed by atoms with Crippen LogP contribution < -0.4 is 10.3 Å². The Balaban J connectivity index is 2.34. The zero-order valence-electron chi connectivity index (χ0n) is 11.6. The first-order valence-electron chi connectivity index (χ1n) is 6.44. The van der Waals surface area contributed by atoms with Crippen LogP contribution in [0.2, 0.25) is 0 Å². The molecule has 0 bridgehead atoms. The Hall–Kier alpha value is -2.14. The van der Waals surface area contributed by atoms with Crippen molar-refractivity contribution in [1.29, 1.82) is 0 Å². The minimum Gasteiger partial charge on any atom is -0.496 e. The fourth-order valence-corrected chi connectivity index (χ4v) is 2.54. The van der Waals surface area contributed by atoms with Crippen LogP contribution in [0.3, 0.4) is 0 Å². The molecule has 0 spiro atoms. The number of halogens is 1. The summed E-state index contributed by atoms with van der Waals surface area (Å²) in [5, 5.41) is 1.97. The lowest BCUT2D eigenvalue weighted by molar-refractivity contribution is 0.420. The Bertz CT molecular complexity index is 887. The first-order valence-corrected chi connectivity index (χ1v) is 7.23. The van der Waals surface area contributed by atoms with Gasteiger partial charge in [0.1, 0.15) is 16.0 Å². The third-order valence-electron chi connectivity index (χ3n) is 3.39. The highest BCUT2D eigenvalue weighted by molar-refractivity contribution is 9.10. The van der Waals surface area contributed by atoms with E-state index in [1.54, 1.807) is 14.0 Å². The highest BCUT2D eigenvalue weighted by atomic mass is 79.9. The van der Waals surface area contributed by atoms with Crippen LogP contribution in [0.1, 0.15) is 5.69 Å². The number of H-pyrrole nitrogens is 1. The number of nitrogens with one attached hydrogen (secondary N) is 1. The third kappa shape index (κ3) is 2.34. The number of nitrogens with zero attached hydrogens (tertiary/aromatic N) is 1. The van der Waals surface area contributed by atoms with Crippen molar-refractivity contribution in [3.63, 3.8) is 0 Å². The van der Waals surface area contributed by atoms with E-state index < -0.39 is 0 Å². The second kappa shape index (κ2) is 5.33. The van der Waals surface area contributed by atoms with Gasteiger partial charge in [0.05, 0.1) is 12.8 Å². The van der Waals surface area contributed by atoms with Gasteiger partial charge in [0.25, 0.3) is 5.56 Å². The van der Waals surface area contributed by atoms with E-state index >= 15 is 0 Å². The first-order chi connectivity index (χ1) is 10.1. The Morgan fingerprint density at radius 1 is 1.14 bits per heavy atom. The molecule has 1 heterocycles. The molecule has 0 unspecified atom stereocenters. The van der Waals surface area contributed by atoms with Crippen molar-refractivity contribution >= 4 is 26.7 Å². The van der Waals surface area contributed by atoms with Gasteiger partial charge in [0.15, 0.2) is 0 Å². The van der Waals surface area contributed by atoms with Gasteiger partial charge < -0.3 is 9.72 Å². The van der Waals surface area contributed by atoms with E-state index in [0.717, 1.165) is 22.1 Å². The van der Waals surface area contributed by atoms with Gasteiger partial charge in [-0.3, -0.25) is 4.79 Å². The summed E-state index contributed by atoms with van der Waals surface area (Å²) in [6.45, 7) is 1.80. The van der Waals surface area contributed by atoms with E-state index in [9.17, 15) is 4.79 Å². The van der Waals surface area contributed by atoms with Crippen molar-refractivity contribution in [2.24, 2.45) is 0 Å². The first kappa shape index (κ1) is 13.8. The number of methoxy groups -OCH3 is 1. The molecule has 0 saturated carbocycles. The minimum absolute atomic E-state index is 0.183. The molecule has 0 saturated heterocycles. The van der Waals surface area contributed by atoms with Crippen LogP contribution in [0.25, 0.3) is 22.2 Å². The second-order valence-electron chi connectivity index (χ2n) is 4.67. The minimum atomic E-state index is -0.183. The molecule has 4 nitrogen and oxygen atoms in total. The maximum Gasteiger partial charge on any atom is 0.265 e. The van der Waals surface area contributed by atoms with Crippen molar-refractivity contribution in [2.45, 2.75) is 6.92 Å². The fraction of sp³-hybridized carbons (Fsp3) is 0.125. The highest BCUT2D eigenvalue weighted by Gasteiger charge is 2.12. The van der Waals surface area contributed by atoms with Gasteiger partial charge in [-0.2, -0.15) is 0 Å². The summed E-state index contributed by atoms with van der Waals surface area (Å²) in [7, 11) is 1.64. The van der Waals surface area contributed by atoms with Gasteiger partial charge in [-0.25, -0.2) is 4.98 Å². The number of hydrogen-bond donors (Lipinski definition) is 1. The zero-order chi connectivity index (χ0) is 15.0. The van der Waals surface area contributed by atoms with Crippen molar-refractivity contribution in [3.05, 3.63) is 56.9 Å². The largest absolute Gasteiger partial charge is 0.496 e. The quantitative estimate of drug-likeness (QED) is 0.771. The summed E-state index contributed by atoms with van der Waals surface area (Å²) in [5.74, 6) is 1.35. The van der Waals surface area contributed by atoms with E-state index in [2.05, 4.69) is 25.9 Å². The Morgan fingerprint density at radius 2 is 1.86 bits per heavy atom. The maximum atomic E-state index is 11.9. The predicted octanol–water partition coefficient (Wildman–Crippen LogP) is 3.67. The van der Waals surface area contributed by atoms with Crippen LogP contribution in [0.4, 0.5) is 0 Å². The Morgan fingerprint density at radius 3 is 2.52 bits per heavy atom. The number of rotatable bonds is 2. The normalized spacial score (nSPS) is 10.8. The molecule has 3 rings (SSSR count). The van der Waals surface area contributed by atoms with Gasteiger partial charge in [-0.1, -0.05) is 24.3 Å². The lowest BCUT2D eigenvalue weighted by Gasteiger charge is -2.10. The van der Waals surface area contributed by atoms with Crippen LogP contribution >= 0.6 is 15.9 Å². The summed E-state index contributed by atoms with van der Waals surface area (Å²) in [6, 6.07) is 11.7. The standard InChI is InChI=1S/C16H13BrN2O2/c1-9-14(17)16(20)19-15(18-9)12-7-8-13(21-2)11-6-4-3-5-10(11)12/h3-8H,1-2H3,(H,18,19,20). The van der Waals surface area contributed by atoms with Gasteiger partial charge in [-0.15, -0.1) is 0 Å². The number of ether oxygens (including phenoxy) is 1. The van der Waals surface area contributed by atoms with Crippen molar-refractivity contribution in [3.8, 4) is 17.1 Å². The average molecular weight is 345 g/mol. The summed E-state index contributed by atoms with van der Waals surface area (Å²) in [6.07, 6.45) is 0. The van der Waals surface area contributed by atoms with Crippen LogP contribution in [-0.2, 0) is 0 Å². The molecule has 106 valence electrons. The molecular weight excluding hydrogens is 332 g/mol. The molecule has 0 atom stereocenters. The lowest BCUT2D eigenvalue weighted by atomic mass is 10.0. The summed E-state index contributed by atoms with van der Waals surface area (Å²) in [4.78, 5) is 19.2. The van der Waals surface area contributed by atoms with Crippen LogP contribution in [0.15, 0.2) is 45.7 Å². The van der Waals surface area contributed by atoms with Gasteiger partial charge in [0, 0.05) is 10.9 Å². The van der Waals surface area contributed by atoms with E-state index in [-0.39, 0.29) is 5.56 Å². The molecule has 21 heavy (non-hydrogen) atoms. The van der Waals surface area contributed by atoms with Crippen LogP contribution in [0, 0.1) is 6.92 Å². The zero-order valence-corrected chi connectivity index (χ0v) is 13.2. The maximum absolute atomic E-state index is 11.9. The molecule has 1 aromatic heterocycles. The highest BCUT2D eigenvalue weighted by Crippen LogP contribution is 2.32. The molecule has 1 N–H and O–H groups in total. The molecule has 3 aromatic rings. The molecule has 5 heteroatoms. The van der Waals surface area contributed by atoms with Crippen molar-refractivity contribution < 1.29 is 4.74 Å². The number of fused-ring (bicyclic) bond motifs is 1. The van der Waals surface area contributed by atoms with Gasteiger partial charge >= 0.3 is 0 Å². The molecule has 0 amide bonds. The van der Waals surface area contributed by atoms with E-state index in [1.165, 1.54) is 0 Å². The number of aromatic nitrogens is 2. The van der Waals surface area contributed by atoms with Gasteiger partial charge in [-0.05, 0) is 40.4 Å². The number of benzene rings is 2. The molecule has 0 aliphatic heterocycles. The summed E-state index contributed by atoms with van der Waals surface area (Å²) < 4.78 is 5.85. The van der Waals surface area contributed by atoms with Crippen LogP contribution in [0.5, 0.6) is 5.75 Å². The molecule has 0 radical (unpaired) electrons. The second-order valence-corrected chi connectivity index (χ2v) is 5.47. The molecule has 2 aromatic carbocycles.